The van der Waals surface area contributed by atoms with Crippen molar-refractivity contribution in [3.05, 3.63) is 66.9 Å². The fourth-order valence-corrected chi connectivity index (χ4v) is 5.09. The standard InChI is InChI=1S/C28H29FIN7O3/c1-18-12-20(4-6-23(18)40-21-8-10-37-25(13-21)32-17-34-37)35-28-26-22(31-16-33-28)5-7-24(38-3)27(26)39-15-19(29)14-36(2)11-9-30/h4-8,10,12-13,16-17,19H,9,11,14-15H2,1-3H3,(H,31,33,35). The van der Waals surface area contributed by atoms with Gasteiger partial charge < -0.3 is 24.4 Å². The minimum Gasteiger partial charge on any atom is -0.493 e. The summed E-state index contributed by atoms with van der Waals surface area (Å²) in [5.74, 6) is 2.74. The van der Waals surface area contributed by atoms with E-state index in [9.17, 15) is 4.39 Å². The maximum atomic E-state index is 14.8. The highest BCUT2D eigenvalue weighted by Crippen LogP contribution is 2.39. The van der Waals surface area contributed by atoms with Gasteiger partial charge >= 0.3 is 0 Å². The molecule has 5 aromatic rings. The normalized spacial score (nSPS) is 12.2. The van der Waals surface area contributed by atoms with E-state index in [-0.39, 0.29) is 13.2 Å². The van der Waals surface area contributed by atoms with Crippen molar-refractivity contribution in [2.75, 3.05) is 43.6 Å². The molecule has 2 aromatic carbocycles. The van der Waals surface area contributed by atoms with Crippen molar-refractivity contribution in [2.45, 2.75) is 13.1 Å². The Bertz CT molecular complexity index is 1620. The third-order valence-corrected chi connectivity index (χ3v) is 6.72. The largest absolute Gasteiger partial charge is 0.493 e. The summed E-state index contributed by atoms with van der Waals surface area (Å²) in [7, 11) is 3.45. The number of rotatable bonds is 12. The quantitative estimate of drug-likeness (QED) is 0.136. The highest BCUT2D eigenvalue weighted by molar-refractivity contribution is 14.1. The van der Waals surface area contributed by atoms with Gasteiger partial charge in [0.15, 0.2) is 17.1 Å². The van der Waals surface area contributed by atoms with Crippen molar-refractivity contribution in [3.8, 4) is 23.0 Å². The van der Waals surface area contributed by atoms with Crippen molar-refractivity contribution in [2.24, 2.45) is 0 Å². The number of ether oxygens (including phenoxy) is 3. The van der Waals surface area contributed by atoms with E-state index in [0.29, 0.717) is 45.4 Å². The lowest BCUT2D eigenvalue weighted by molar-refractivity contribution is 0.153. The van der Waals surface area contributed by atoms with Crippen LogP contribution in [0.1, 0.15) is 5.56 Å². The third kappa shape index (κ3) is 6.33. The van der Waals surface area contributed by atoms with E-state index < -0.39 is 6.17 Å². The van der Waals surface area contributed by atoms with Gasteiger partial charge in [-0.25, -0.2) is 23.9 Å². The lowest BCUT2D eigenvalue weighted by Crippen LogP contribution is -2.31. The molecule has 40 heavy (non-hydrogen) atoms. The fourth-order valence-electron chi connectivity index (χ4n) is 4.27. The van der Waals surface area contributed by atoms with Crippen LogP contribution in [0.5, 0.6) is 23.0 Å². The molecule has 1 atom stereocenters. The van der Waals surface area contributed by atoms with Crippen molar-refractivity contribution >= 4 is 50.6 Å². The van der Waals surface area contributed by atoms with Crippen molar-refractivity contribution in [1.29, 1.82) is 0 Å². The number of aryl methyl sites for hydroxylation is 1. The topological polar surface area (TPSA) is 98.9 Å². The molecule has 0 spiro atoms. The molecular formula is C28H29FIN7O3. The first-order valence-electron chi connectivity index (χ1n) is 12.6. The molecule has 0 saturated carbocycles. The smallest absolute Gasteiger partial charge is 0.174 e. The zero-order valence-corrected chi connectivity index (χ0v) is 24.5. The lowest BCUT2D eigenvalue weighted by Gasteiger charge is -2.20. The average Bonchev–Trinajstić information content (AvgIpc) is 3.41. The number of hydrogen-bond donors (Lipinski definition) is 1. The zero-order chi connectivity index (χ0) is 28.1. The van der Waals surface area contributed by atoms with Gasteiger partial charge in [-0.1, -0.05) is 22.6 Å². The van der Waals surface area contributed by atoms with Crippen LogP contribution in [0, 0.1) is 6.92 Å². The number of nitrogens with one attached hydrogen (secondary N) is 1. The predicted molar refractivity (Wildman–Crippen MR) is 160 cm³/mol. The number of fused-ring (bicyclic) bond motifs is 2. The monoisotopic (exact) mass is 657 g/mol. The summed E-state index contributed by atoms with van der Waals surface area (Å²) in [6, 6.07) is 13.0. The van der Waals surface area contributed by atoms with E-state index in [1.165, 1.54) is 12.7 Å². The number of anilines is 2. The molecule has 208 valence electrons. The fraction of sp³-hybridized carbons (Fsp3) is 0.286. The van der Waals surface area contributed by atoms with E-state index in [4.69, 9.17) is 14.2 Å². The summed E-state index contributed by atoms with van der Waals surface area (Å²) >= 11 is 2.28. The number of halogens is 2. The number of hydrogen-bond acceptors (Lipinski definition) is 9. The molecule has 0 amide bonds. The lowest BCUT2D eigenvalue weighted by atomic mass is 10.1. The van der Waals surface area contributed by atoms with Gasteiger partial charge in [-0.05, 0) is 55.9 Å². The van der Waals surface area contributed by atoms with Gasteiger partial charge in [-0.2, -0.15) is 5.10 Å². The first-order valence-corrected chi connectivity index (χ1v) is 14.2. The molecule has 0 aliphatic rings. The predicted octanol–water partition coefficient (Wildman–Crippen LogP) is 5.61. The highest BCUT2D eigenvalue weighted by Gasteiger charge is 2.19. The van der Waals surface area contributed by atoms with E-state index in [2.05, 4.69) is 48.0 Å². The Morgan fingerprint density at radius 3 is 2.73 bits per heavy atom. The van der Waals surface area contributed by atoms with Crippen LogP contribution in [0.2, 0.25) is 0 Å². The molecule has 1 unspecified atom stereocenters. The molecule has 10 nitrogen and oxygen atoms in total. The maximum absolute atomic E-state index is 14.8. The van der Waals surface area contributed by atoms with E-state index >= 15 is 0 Å². The molecule has 12 heteroatoms. The number of nitrogens with zero attached hydrogens (tertiary/aromatic N) is 6. The summed E-state index contributed by atoms with van der Waals surface area (Å²) in [5.41, 5.74) is 3.04. The maximum Gasteiger partial charge on any atom is 0.174 e. The number of benzene rings is 2. The molecule has 5 rings (SSSR count). The van der Waals surface area contributed by atoms with Crippen LogP contribution in [0.25, 0.3) is 16.6 Å². The number of aromatic nitrogens is 5. The first kappa shape index (κ1) is 27.8. The number of methoxy groups -OCH3 is 1. The third-order valence-electron chi connectivity index (χ3n) is 6.24. The van der Waals surface area contributed by atoms with Crippen LogP contribution in [-0.2, 0) is 0 Å². The van der Waals surface area contributed by atoms with Gasteiger partial charge in [0, 0.05) is 35.5 Å². The highest BCUT2D eigenvalue weighted by atomic mass is 127. The zero-order valence-electron chi connectivity index (χ0n) is 22.3. The van der Waals surface area contributed by atoms with Crippen LogP contribution in [0.4, 0.5) is 15.9 Å². The van der Waals surface area contributed by atoms with E-state index in [0.717, 1.165) is 22.2 Å². The Labute approximate surface area is 244 Å². The molecule has 0 aliphatic carbocycles. The molecule has 3 heterocycles. The van der Waals surface area contributed by atoms with Crippen molar-refractivity contribution in [3.63, 3.8) is 0 Å². The van der Waals surface area contributed by atoms with Crippen LogP contribution >= 0.6 is 22.6 Å². The molecule has 0 aliphatic heterocycles. The summed E-state index contributed by atoms with van der Waals surface area (Å²) in [6.07, 6.45) is 3.60. The van der Waals surface area contributed by atoms with Crippen LogP contribution in [0.15, 0.2) is 61.3 Å². The second kappa shape index (κ2) is 12.6. The molecule has 1 N–H and O–H groups in total. The van der Waals surface area contributed by atoms with Crippen LogP contribution in [-0.4, -0.2) is 73.9 Å². The van der Waals surface area contributed by atoms with Crippen molar-refractivity contribution in [1.82, 2.24) is 29.5 Å². The van der Waals surface area contributed by atoms with Gasteiger partial charge in [-0.15, -0.1) is 0 Å². The van der Waals surface area contributed by atoms with Gasteiger partial charge in [0.2, 0.25) is 0 Å². The Morgan fingerprint density at radius 1 is 1.07 bits per heavy atom. The van der Waals surface area contributed by atoms with Gasteiger partial charge in [0.05, 0.1) is 18.0 Å². The second-order valence-electron chi connectivity index (χ2n) is 9.21. The molecule has 0 radical (unpaired) electrons. The Morgan fingerprint density at radius 2 is 1.93 bits per heavy atom. The Hall–Kier alpha value is -3.78. The average molecular weight is 657 g/mol. The summed E-state index contributed by atoms with van der Waals surface area (Å²) in [5, 5.41) is 8.07. The molecule has 0 saturated heterocycles. The molecule has 0 bridgehead atoms. The number of alkyl halides is 2. The second-order valence-corrected chi connectivity index (χ2v) is 10.3. The number of pyridine rings is 1. The van der Waals surface area contributed by atoms with Gasteiger partial charge in [0.25, 0.3) is 0 Å². The van der Waals surface area contributed by atoms with E-state index in [1.54, 1.807) is 23.9 Å². The minimum absolute atomic E-state index is 0.124. The van der Waals surface area contributed by atoms with Gasteiger partial charge in [0.1, 0.15) is 42.8 Å². The van der Waals surface area contributed by atoms with E-state index in [1.807, 2.05) is 55.3 Å². The molecule has 3 aromatic heterocycles. The minimum atomic E-state index is -1.17. The summed E-state index contributed by atoms with van der Waals surface area (Å²) in [6.45, 7) is 2.92. The van der Waals surface area contributed by atoms with Gasteiger partial charge in [-0.3, -0.25) is 0 Å². The first-order chi connectivity index (χ1) is 19.4. The summed E-state index contributed by atoms with van der Waals surface area (Å²) < 4.78 is 35.0. The molecular weight excluding hydrogens is 628 g/mol. The Kier molecular flexibility index (Phi) is 8.75. The Balaban J connectivity index is 1.38. The van der Waals surface area contributed by atoms with Crippen LogP contribution in [0.3, 0.4) is 0 Å². The van der Waals surface area contributed by atoms with Crippen LogP contribution < -0.4 is 19.5 Å². The SMILES string of the molecule is COc1ccc2ncnc(Nc3ccc(Oc4ccn5ncnc5c4)c(C)c3)c2c1OCC(F)CN(C)CCI. The summed E-state index contributed by atoms with van der Waals surface area (Å²) in [4.78, 5) is 15.0. The van der Waals surface area contributed by atoms with Crippen molar-refractivity contribution < 1.29 is 18.6 Å². The molecule has 0 fully saturated rings.